The van der Waals surface area contributed by atoms with Crippen molar-refractivity contribution in [2.24, 2.45) is 0 Å². The Balaban J connectivity index is 1.32. The normalized spacial score (nSPS) is 18.9. The summed E-state index contributed by atoms with van der Waals surface area (Å²) in [6.45, 7) is 3.44. The van der Waals surface area contributed by atoms with E-state index in [1.54, 1.807) is 22.7 Å². The number of rotatable bonds is 7. The van der Waals surface area contributed by atoms with Crippen molar-refractivity contribution in [3.05, 3.63) is 44.3 Å². The van der Waals surface area contributed by atoms with Crippen molar-refractivity contribution in [3.63, 3.8) is 0 Å². The minimum atomic E-state index is 0.0467. The maximum Gasteiger partial charge on any atom is 0.223 e. The molecule has 2 aromatic rings. The largest absolute Gasteiger partial charge is 0.376 e. The van der Waals surface area contributed by atoms with E-state index in [4.69, 9.17) is 4.74 Å². The Labute approximate surface area is 173 Å². The number of carbonyl (C=O) groups is 2. The van der Waals surface area contributed by atoms with Gasteiger partial charge in [-0.3, -0.25) is 9.59 Å². The molecule has 4 rings (SSSR count). The Hall–Kier alpha value is -1.70. The molecule has 0 bridgehead atoms. The van der Waals surface area contributed by atoms with Crippen LogP contribution in [0.2, 0.25) is 0 Å². The number of ether oxygens (including phenoxy) is 1. The third kappa shape index (κ3) is 4.82. The molecule has 1 unspecified atom stereocenters. The lowest BCUT2D eigenvalue weighted by molar-refractivity contribution is -0.138. The Morgan fingerprint density at radius 1 is 1.21 bits per heavy atom. The molecular formula is C21H26N2O3S2. The van der Waals surface area contributed by atoms with Gasteiger partial charge in [-0.05, 0) is 47.7 Å². The van der Waals surface area contributed by atoms with E-state index in [9.17, 15) is 9.59 Å². The number of amides is 2. The molecule has 0 saturated carbocycles. The molecule has 2 aromatic heterocycles. The fraction of sp³-hybridized carbons (Fsp3) is 0.524. The van der Waals surface area contributed by atoms with Crippen molar-refractivity contribution in [2.45, 2.75) is 51.3 Å². The third-order valence-electron chi connectivity index (χ3n) is 5.44. The van der Waals surface area contributed by atoms with Crippen LogP contribution in [0.25, 0.3) is 0 Å². The first-order valence-corrected chi connectivity index (χ1v) is 11.7. The average Bonchev–Trinajstić information content (AvgIpc) is 3.47. The topological polar surface area (TPSA) is 49.9 Å². The van der Waals surface area contributed by atoms with Crippen molar-refractivity contribution in [2.75, 3.05) is 19.7 Å². The molecule has 2 amide bonds. The summed E-state index contributed by atoms with van der Waals surface area (Å²) in [6, 6.07) is 6.17. The van der Waals surface area contributed by atoms with Gasteiger partial charge in [0.2, 0.25) is 11.8 Å². The summed E-state index contributed by atoms with van der Waals surface area (Å²) in [5, 5.41) is 4.12. The second-order valence-electron chi connectivity index (χ2n) is 7.42. The first kappa shape index (κ1) is 19.6. The summed E-state index contributed by atoms with van der Waals surface area (Å²) in [7, 11) is 0. The number of thiophene rings is 2. The Morgan fingerprint density at radius 2 is 2.14 bits per heavy atom. The molecule has 0 radical (unpaired) electrons. The highest BCUT2D eigenvalue weighted by molar-refractivity contribution is 7.10. The van der Waals surface area contributed by atoms with E-state index in [1.165, 1.54) is 15.3 Å². The molecule has 1 fully saturated rings. The van der Waals surface area contributed by atoms with Crippen molar-refractivity contribution in [1.82, 2.24) is 9.80 Å². The van der Waals surface area contributed by atoms with Crippen LogP contribution >= 0.6 is 22.7 Å². The van der Waals surface area contributed by atoms with Gasteiger partial charge in [0.25, 0.3) is 0 Å². The van der Waals surface area contributed by atoms with Crippen LogP contribution in [0.1, 0.15) is 41.0 Å². The lowest BCUT2D eigenvalue weighted by Crippen LogP contribution is -2.39. The van der Waals surface area contributed by atoms with Crippen LogP contribution < -0.4 is 0 Å². The lowest BCUT2D eigenvalue weighted by atomic mass is 10.1. The SMILES string of the molecule is O=C(CCC(=O)N(Cc1cccs1)CC1CCCO1)N1CCc2sccc2C1. The molecule has 0 spiro atoms. The number of nitrogens with zero attached hydrogens (tertiary/aromatic N) is 2. The van der Waals surface area contributed by atoms with E-state index in [1.807, 2.05) is 21.2 Å². The van der Waals surface area contributed by atoms with Crippen LogP contribution in [0.3, 0.4) is 0 Å². The number of hydrogen-bond donors (Lipinski definition) is 0. The maximum absolute atomic E-state index is 12.9. The van der Waals surface area contributed by atoms with Gasteiger partial charge in [0.15, 0.2) is 0 Å². The fourth-order valence-corrected chi connectivity index (χ4v) is 5.48. The standard InChI is InChI=1S/C21H26N2O3S2/c24-20(22-9-7-19-16(13-22)8-12-28-19)5-6-21(25)23(14-17-3-1-10-26-17)15-18-4-2-11-27-18/h2,4,8,11-12,17H,1,3,5-7,9-10,13-15H2. The monoisotopic (exact) mass is 418 g/mol. The number of fused-ring (bicyclic) bond motifs is 1. The highest BCUT2D eigenvalue weighted by Crippen LogP contribution is 2.25. The second kappa shape index (κ2) is 9.20. The zero-order valence-corrected chi connectivity index (χ0v) is 17.6. The first-order valence-electron chi connectivity index (χ1n) is 9.94. The molecule has 2 aliphatic rings. The van der Waals surface area contributed by atoms with Crippen LogP contribution in [0, 0.1) is 0 Å². The predicted molar refractivity (Wildman–Crippen MR) is 111 cm³/mol. The van der Waals surface area contributed by atoms with Crippen molar-refractivity contribution in [1.29, 1.82) is 0 Å². The maximum atomic E-state index is 12.9. The van der Waals surface area contributed by atoms with Crippen LogP contribution in [-0.2, 0) is 33.8 Å². The fourth-order valence-electron chi connectivity index (χ4n) is 3.87. The molecule has 0 N–H and O–H groups in total. The van der Waals surface area contributed by atoms with Gasteiger partial charge in [-0.25, -0.2) is 0 Å². The highest BCUT2D eigenvalue weighted by atomic mass is 32.1. The van der Waals surface area contributed by atoms with Gasteiger partial charge < -0.3 is 14.5 Å². The minimum absolute atomic E-state index is 0.0467. The van der Waals surface area contributed by atoms with E-state index in [2.05, 4.69) is 17.5 Å². The van der Waals surface area contributed by atoms with Crippen LogP contribution in [0.4, 0.5) is 0 Å². The molecule has 2 aliphatic heterocycles. The molecule has 0 aliphatic carbocycles. The summed E-state index contributed by atoms with van der Waals surface area (Å²) in [4.78, 5) is 31.9. The first-order chi connectivity index (χ1) is 13.7. The van der Waals surface area contributed by atoms with Gasteiger partial charge in [-0.15, -0.1) is 22.7 Å². The molecule has 5 nitrogen and oxygen atoms in total. The highest BCUT2D eigenvalue weighted by Gasteiger charge is 2.25. The number of hydrogen-bond acceptors (Lipinski definition) is 5. The van der Waals surface area contributed by atoms with Gasteiger partial charge >= 0.3 is 0 Å². The second-order valence-corrected chi connectivity index (χ2v) is 9.46. The van der Waals surface area contributed by atoms with Gasteiger partial charge in [-0.2, -0.15) is 0 Å². The number of carbonyl (C=O) groups excluding carboxylic acids is 2. The van der Waals surface area contributed by atoms with Crippen LogP contribution in [-0.4, -0.2) is 47.4 Å². The van der Waals surface area contributed by atoms with Gasteiger partial charge in [0.05, 0.1) is 12.6 Å². The van der Waals surface area contributed by atoms with E-state index in [-0.39, 0.29) is 30.8 Å². The predicted octanol–water partition coefficient (Wildman–Crippen LogP) is 3.68. The summed E-state index contributed by atoms with van der Waals surface area (Å²) in [5.41, 5.74) is 1.26. The van der Waals surface area contributed by atoms with Crippen molar-refractivity contribution >= 4 is 34.5 Å². The Morgan fingerprint density at radius 3 is 2.93 bits per heavy atom. The Bertz CT molecular complexity index is 796. The molecular weight excluding hydrogens is 392 g/mol. The lowest BCUT2D eigenvalue weighted by Gasteiger charge is -2.28. The summed E-state index contributed by atoms with van der Waals surface area (Å²) >= 11 is 3.43. The quantitative estimate of drug-likeness (QED) is 0.689. The molecule has 7 heteroatoms. The summed E-state index contributed by atoms with van der Waals surface area (Å²) in [6.07, 6.45) is 3.66. The summed E-state index contributed by atoms with van der Waals surface area (Å²) < 4.78 is 5.73. The zero-order chi connectivity index (χ0) is 19.3. The van der Waals surface area contributed by atoms with Crippen LogP contribution in [0.5, 0.6) is 0 Å². The van der Waals surface area contributed by atoms with Gasteiger partial charge in [0, 0.05) is 48.8 Å². The molecule has 0 aromatic carbocycles. The third-order valence-corrected chi connectivity index (χ3v) is 7.32. The van der Waals surface area contributed by atoms with E-state index < -0.39 is 0 Å². The zero-order valence-electron chi connectivity index (χ0n) is 16.0. The van der Waals surface area contributed by atoms with Gasteiger partial charge in [0.1, 0.15) is 0 Å². The minimum Gasteiger partial charge on any atom is -0.376 e. The Kier molecular flexibility index (Phi) is 6.44. The van der Waals surface area contributed by atoms with E-state index in [0.717, 1.165) is 32.4 Å². The summed E-state index contributed by atoms with van der Waals surface area (Å²) in [5.74, 6) is 0.129. The van der Waals surface area contributed by atoms with E-state index in [0.29, 0.717) is 19.6 Å². The average molecular weight is 419 g/mol. The van der Waals surface area contributed by atoms with Crippen LogP contribution in [0.15, 0.2) is 29.0 Å². The smallest absolute Gasteiger partial charge is 0.223 e. The molecule has 150 valence electrons. The molecule has 4 heterocycles. The molecule has 1 atom stereocenters. The molecule has 1 saturated heterocycles. The van der Waals surface area contributed by atoms with Crippen molar-refractivity contribution in [3.8, 4) is 0 Å². The molecule has 28 heavy (non-hydrogen) atoms. The van der Waals surface area contributed by atoms with Crippen molar-refractivity contribution < 1.29 is 14.3 Å². The van der Waals surface area contributed by atoms with Gasteiger partial charge in [-0.1, -0.05) is 6.07 Å². The van der Waals surface area contributed by atoms with E-state index >= 15 is 0 Å².